The minimum absolute atomic E-state index is 0.0221. The minimum atomic E-state index is -4.09. The number of benzene rings is 2. The predicted molar refractivity (Wildman–Crippen MR) is 115 cm³/mol. The summed E-state index contributed by atoms with van der Waals surface area (Å²) in [6.45, 7) is 0. The first kappa shape index (κ1) is 19.9. The first-order chi connectivity index (χ1) is 15.4. The Labute approximate surface area is 183 Å². The number of hydrogen-bond donors (Lipinski definition) is 2. The van der Waals surface area contributed by atoms with Crippen molar-refractivity contribution in [1.82, 2.24) is 24.8 Å². The van der Waals surface area contributed by atoms with E-state index in [1.165, 1.54) is 23.1 Å². The van der Waals surface area contributed by atoms with Gasteiger partial charge >= 0.3 is 5.97 Å². The van der Waals surface area contributed by atoms with Gasteiger partial charge < -0.3 is 9.67 Å². The van der Waals surface area contributed by atoms with E-state index in [9.17, 15) is 18.3 Å². The number of nitrogens with zero attached hydrogens (tertiary/aromatic N) is 5. The number of carboxylic acid groups (broad SMARTS) is 1. The van der Waals surface area contributed by atoms with Crippen LogP contribution >= 0.6 is 0 Å². The van der Waals surface area contributed by atoms with Crippen LogP contribution in [0.1, 0.15) is 34.7 Å². The maximum Gasteiger partial charge on any atom is 0.335 e. The van der Waals surface area contributed by atoms with E-state index in [-0.39, 0.29) is 16.4 Å². The zero-order valence-corrected chi connectivity index (χ0v) is 17.5. The molecule has 4 aromatic rings. The number of tetrazole rings is 1. The van der Waals surface area contributed by atoms with Crippen molar-refractivity contribution < 1.29 is 18.3 Å². The van der Waals surface area contributed by atoms with Crippen molar-refractivity contribution in [2.24, 2.45) is 0 Å². The highest BCUT2D eigenvalue weighted by atomic mass is 32.2. The lowest BCUT2D eigenvalue weighted by Crippen LogP contribution is -2.17. The molecule has 162 valence electrons. The Kier molecular flexibility index (Phi) is 4.74. The van der Waals surface area contributed by atoms with Crippen LogP contribution in [0.4, 0.5) is 5.69 Å². The summed E-state index contributed by atoms with van der Waals surface area (Å²) in [5.41, 5.74) is 2.00. The molecule has 2 aromatic heterocycles. The van der Waals surface area contributed by atoms with Gasteiger partial charge in [0.25, 0.3) is 10.0 Å². The van der Waals surface area contributed by atoms with E-state index < -0.39 is 16.0 Å². The minimum Gasteiger partial charge on any atom is -0.478 e. The molecule has 5 rings (SSSR count). The standard InChI is InChI=1S/C21H18N6O4S/c28-21(29)15-5-7-17(14-3-4-14)20(11-15)32(30,31)23-18-12-16(27-13-22-24-25-27)6-8-19(18)26-9-1-2-10-26/h1-2,5-14,23H,3-4H2,(H,28,29). The molecule has 0 saturated heterocycles. The monoisotopic (exact) mass is 450 g/mol. The quantitative estimate of drug-likeness (QED) is 0.442. The van der Waals surface area contributed by atoms with Crippen molar-refractivity contribution in [1.29, 1.82) is 0 Å². The molecule has 2 N–H and O–H groups in total. The van der Waals surface area contributed by atoms with Crippen molar-refractivity contribution in [3.63, 3.8) is 0 Å². The number of hydrogen-bond acceptors (Lipinski definition) is 6. The molecule has 32 heavy (non-hydrogen) atoms. The molecule has 1 fully saturated rings. The van der Waals surface area contributed by atoms with Gasteiger partial charge in [0.2, 0.25) is 0 Å². The normalized spacial score (nSPS) is 13.8. The average molecular weight is 450 g/mol. The van der Waals surface area contributed by atoms with Crippen molar-refractivity contribution in [3.8, 4) is 11.4 Å². The summed E-state index contributed by atoms with van der Waals surface area (Å²) in [6.07, 6.45) is 6.75. The van der Waals surface area contributed by atoms with Gasteiger partial charge in [0, 0.05) is 12.4 Å². The largest absolute Gasteiger partial charge is 0.478 e. The van der Waals surface area contributed by atoms with Gasteiger partial charge in [0.15, 0.2) is 0 Å². The Balaban J connectivity index is 1.62. The SMILES string of the molecule is O=C(O)c1ccc(C2CC2)c(S(=O)(=O)Nc2cc(-n3cnnn3)ccc2-n2cccc2)c1. The first-order valence-electron chi connectivity index (χ1n) is 9.83. The second kappa shape index (κ2) is 7.61. The van der Waals surface area contributed by atoms with Crippen molar-refractivity contribution in [2.45, 2.75) is 23.7 Å². The maximum atomic E-state index is 13.5. The zero-order chi connectivity index (χ0) is 22.3. The Morgan fingerprint density at radius 1 is 1.09 bits per heavy atom. The molecule has 1 saturated carbocycles. The van der Waals surface area contributed by atoms with Gasteiger partial charge in [-0.1, -0.05) is 6.07 Å². The lowest BCUT2D eigenvalue weighted by Gasteiger charge is -2.17. The second-order valence-corrected chi connectivity index (χ2v) is 9.13. The average Bonchev–Trinajstić information content (AvgIpc) is 3.23. The molecule has 0 aliphatic heterocycles. The smallest absolute Gasteiger partial charge is 0.335 e. The van der Waals surface area contributed by atoms with Crippen molar-refractivity contribution in [2.75, 3.05) is 4.72 Å². The Bertz CT molecular complexity index is 1390. The number of sulfonamides is 1. The third kappa shape index (κ3) is 3.73. The van der Waals surface area contributed by atoms with Crippen LogP contribution in [0.25, 0.3) is 11.4 Å². The van der Waals surface area contributed by atoms with Crippen LogP contribution in [0.5, 0.6) is 0 Å². The zero-order valence-electron chi connectivity index (χ0n) is 16.7. The number of aromatic nitrogens is 5. The number of carbonyl (C=O) groups is 1. The lowest BCUT2D eigenvalue weighted by atomic mass is 10.1. The summed E-state index contributed by atoms with van der Waals surface area (Å²) in [5.74, 6) is -1.07. The Morgan fingerprint density at radius 2 is 1.88 bits per heavy atom. The van der Waals surface area contributed by atoms with Gasteiger partial charge in [0.05, 0.1) is 27.5 Å². The van der Waals surface area contributed by atoms with Crippen LogP contribution in [-0.2, 0) is 10.0 Å². The molecule has 0 spiro atoms. The summed E-state index contributed by atoms with van der Waals surface area (Å²) in [7, 11) is -4.09. The topological polar surface area (TPSA) is 132 Å². The van der Waals surface area contributed by atoms with Gasteiger partial charge in [0.1, 0.15) is 6.33 Å². The van der Waals surface area contributed by atoms with E-state index in [2.05, 4.69) is 20.2 Å². The van der Waals surface area contributed by atoms with Crippen LogP contribution in [0.2, 0.25) is 0 Å². The molecule has 0 radical (unpaired) electrons. The fourth-order valence-electron chi connectivity index (χ4n) is 3.58. The molecule has 0 bridgehead atoms. The summed E-state index contributed by atoms with van der Waals surface area (Å²) >= 11 is 0. The van der Waals surface area contributed by atoms with E-state index in [4.69, 9.17) is 0 Å². The molecule has 1 aliphatic rings. The molecular formula is C21H18N6O4S. The molecular weight excluding hydrogens is 432 g/mol. The number of rotatable bonds is 7. The molecule has 2 aromatic carbocycles. The van der Waals surface area contributed by atoms with Crippen LogP contribution < -0.4 is 4.72 Å². The summed E-state index contributed by atoms with van der Waals surface area (Å²) in [4.78, 5) is 11.5. The van der Waals surface area contributed by atoms with E-state index in [0.29, 0.717) is 22.6 Å². The summed E-state index contributed by atoms with van der Waals surface area (Å²) < 4.78 is 32.8. The highest BCUT2D eigenvalue weighted by Gasteiger charge is 2.31. The van der Waals surface area contributed by atoms with Crippen LogP contribution in [0, 0.1) is 0 Å². The molecule has 10 nitrogen and oxygen atoms in total. The van der Waals surface area contributed by atoms with Crippen LogP contribution in [0.3, 0.4) is 0 Å². The predicted octanol–water partition coefficient (Wildman–Crippen LogP) is 2.83. The third-order valence-corrected chi connectivity index (χ3v) is 6.71. The van der Waals surface area contributed by atoms with Crippen molar-refractivity contribution in [3.05, 3.63) is 78.4 Å². The molecule has 1 aliphatic carbocycles. The number of anilines is 1. The van der Waals surface area contributed by atoms with E-state index >= 15 is 0 Å². The fourth-order valence-corrected chi connectivity index (χ4v) is 4.97. The highest BCUT2D eigenvalue weighted by Crippen LogP contribution is 2.43. The molecule has 0 atom stereocenters. The summed E-state index contributed by atoms with van der Waals surface area (Å²) in [5, 5.41) is 20.5. The Morgan fingerprint density at radius 3 is 2.53 bits per heavy atom. The molecule has 0 unspecified atom stereocenters. The highest BCUT2D eigenvalue weighted by molar-refractivity contribution is 7.92. The lowest BCUT2D eigenvalue weighted by molar-refractivity contribution is 0.0696. The summed E-state index contributed by atoms with van der Waals surface area (Å²) in [6, 6.07) is 13.1. The molecule has 2 heterocycles. The van der Waals surface area contributed by atoms with Crippen LogP contribution in [-0.4, -0.2) is 44.3 Å². The van der Waals surface area contributed by atoms with E-state index in [0.717, 1.165) is 12.8 Å². The fraction of sp³-hybridized carbons (Fsp3) is 0.143. The van der Waals surface area contributed by atoms with Gasteiger partial charge in [-0.15, -0.1) is 5.10 Å². The third-order valence-electron chi connectivity index (χ3n) is 5.29. The van der Waals surface area contributed by atoms with Gasteiger partial charge in [-0.3, -0.25) is 4.72 Å². The second-order valence-electron chi connectivity index (χ2n) is 7.48. The van der Waals surface area contributed by atoms with E-state index in [1.807, 2.05) is 12.1 Å². The van der Waals surface area contributed by atoms with Crippen LogP contribution in [0.15, 0.2) is 72.1 Å². The van der Waals surface area contributed by atoms with Crippen molar-refractivity contribution >= 4 is 21.7 Å². The number of carboxylic acids is 1. The molecule has 11 heteroatoms. The Hall–Kier alpha value is -3.99. The number of nitrogens with one attached hydrogen (secondary N) is 1. The number of aromatic carboxylic acids is 1. The molecule has 0 amide bonds. The maximum absolute atomic E-state index is 13.5. The first-order valence-corrected chi connectivity index (χ1v) is 11.3. The van der Waals surface area contributed by atoms with Gasteiger partial charge in [-0.05, 0) is 77.2 Å². The van der Waals surface area contributed by atoms with Gasteiger partial charge in [-0.25, -0.2) is 17.9 Å². The van der Waals surface area contributed by atoms with E-state index in [1.54, 1.807) is 41.2 Å². The van der Waals surface area contributed by atoms with Gasteiger partial charge in [-0.2, -0.15) is 0 Å².